The summed E-state index contributed by atoms with van der Waals surface area (Å²) >= 11 is 0. The van der Waals surface area contributed by atoms with Crippen LogP contribution in [0.15, 0.2) is 42.7 Å². The Bertz CT molecular complexity index is 1060. The first-order valence-electron chi connectivity index (χ1n) is 8.89. The first kappa shape index (κ1) is 20.6. The Kier molecular flexibility index (Phi) is 6.26. The Morgan fingerprint density at radius 2 is 1.61 bits per heavy atom. The van der Waals surface area contributed by atoms with E-state index < -0.39 is 0 Å². The molecule has 3 aromatic rings. The maximum atomic E-state index is 13.2. The fourth-order valence-corrected chi connectivity index (χ4v) is 3.58. The highest BCUT2D eigenvalue weighted by Gasteiger charge is 2.40. The van der Waals surface area contributed by atoms with E-state index in [4.69, 9.17) is 9.47 Å². The number of methoxy groups -OCH3 is 1. The van der Waals surface area contributed by atoms with Crippen LogP contribution in [0.5, 0.6) is 0 Å². The van der Waals surface area contributed by atoms with E-state index in [1.807, 2.05) is 36.4 Å². The molecule has 1 aromatic heterocycles. The quantitative estimate of drug-likeness (QED) is 0.195. The Morgan fingerprint density at radius 1 is 0.964 bits per heavy atom. The molecule has 0 saturated carbocycles. The molecule has 1 heterocycles. The molecule has 0 atom stereocenters. The molecule has 7 heteroatoms. The Hall–Kier alpha value is -2.10. The first-order chi connectivity index (χ1) is 13.1. The third-order valence-electron chi connectivity index (χ3n) is 4.89. The van der Waals surface area contributed by atoms with Gasteiger partial charge in [0, 0.05) is 18.2 Å². The minimum atomic E-state index is -0.122. The summed E-state index contributed by atoms with van der Waals surface area (Å²) in [7, 11) is 3.41. The zero-order chi connectivity index (χ0) is 19.0. The third-order valence-corrected chi connectivity index (χ3v) is 4.89. The highest BCUT2D eigenvalue weighted by atomic mass is 127. The molecule has 28 heavy (non-hydrogen) atoms. The molecule has 0 radical (unpaired) electrons. The maximum Gasteiger partial charge on any atom is 0.244 e. The largest absolute Gasteiger partial charge is 1.00 e. The molecular formula is C21H21IN2O4. The average molecular weight is 492 g/mol. The SMILES string of the molecule is COCCOCCn1c[n+](C)c2c1C(=O)c1cc3ccccc3cc1C2=O.[I-]. The van der Waals surface area contributed by atoms with E-state index in [1.165, 1.54) is 0 Å². The lowest BCUT2D eigenvalue weighted by Crippen LogP contribution is -3.00. The second kappa shape index (κ2) is 8.50. The van der Waals surface area contributed by atoms with Crippen LogP contribution in [0.1, 0.15) is 32.1 Å². The van der Waals surface area contributed by atoms with Crippen molar-refractivity contribution in [1.29, 1.82) is 0 Å². The Labute approximate surface area is 180 Å². The van der Waals surface area contributed by atoms with Gasteiger partial charge in [-0.05, 0) is 22.9 Å². The van der Waals surface area contributed by atoms with Crippen LogP contribution in [-0.4, -0.2) is 43.1 Å². The van der Waals surface area contributed by atoms with Crippen molar-refractivity contribution >= 4 is 22.3 Å². The number of aryl methyl sites for hydroxylation is 1. The molecule has 2 aromatic carbocycles. The van der Waals surface area contributed by atoms with Crippen molar-refractivity contribution in [3.8, 4) is 0 Å². The van der Waals surface area contributed by atoms with Gasteiger partial charge in [-0.3, -0.25) is 9.59 Å². The maximum absolute atomic E-state index is 13.2. The monoisotopic (exact) mass is 492 g/mol. The number of nitrogens with zero attached hydrogens (tertiary/aromatic N) is 2. The molecule has 6 nitrogen and oxygen atoms in total. The van der Waals surface area contributed by atoms with Crippen LogP contribution in [0.2, 0.25) is 0 Å². The predicted octanol–water partition coefficient (Wildman–Crippen LogP) is -1.09. The lowest BCUT2D eigenvalue weighted by atomic mass is 9.87. The second-order valence-corrected chi connectivity index (χ2v) is 6.63. The normalized spacial score (nSPS) is 12.6. The van der Waals surface area contributed by atoms with Gasteiger partial charge in [-0.1, -0.05) is 24.3 Å². The summed E-state index contributed by atoms with van der Waals surface area (Å²) in [5.74, 6) is -0.241. The van der Waals surface area contributed by atoms with Gasteiger partial charge in [0.1, 0.15) is 6.54 Å². The molecule has 1 aliphatic rings. The van der Waals surface area contributed by atoms with E-state index in [9.17, 15) is 9.59 Å². The van der Waals surface area contributed by atoms with Crippen LogP contribution < -0.4 is 28.5 Å². The number of hydrogen-bond acceptors (Lipinski definition) is 4. The van der Waals surface area contributed by atoms with E-state index in [0.29, 0.717) is 48.9 Å². The number of ketones is 2. The highest BCUT2D eigenvalue weighted by molar-refractivity contribution is 6.27. The summed E-state index contributed by atoms with van der Waals surface area (Å²) in [4.78, 5) is 26.3. The number of aromatic nitrogens is 2. The molecule has 0 unspecified atom stereocenters. The number of carbonyl (C=O) groups is 2. The van der Waals surface area contributed by atoms with Gasteiger partial charge in [0.05, 0.1) is 26.9 Å². The number of fused-ring (bicyclic) bond motifs is 3. The molecule has 0 saturated heterocycles. The molecule has 0 N–H and O–H groups in total. The molecular weight excluding hydrogens is 471 g/mol. The lowest BCUT2D eigenvalue weighted by molar-refractivity contribution is -0.672. The standard InChI is InChI=1S/C21H21N2O4.HI/c1-22-13-23(7-8-27-10-9-26-2)19-18(22)20(24)16-11-14-5-3-4-6-15(14)12-17(16)21(19)25;/h3-6,11-13H,7-10H2,1-2H3;1H/q+1;/p-1. The van der Waals surface area contributed by atoms with Crippen LogP contribution in [0.4, 0.5) is 0 Å². The number of halogens is 1. The number of hydrogen-bond donors (Lipinski definition) is 0. The van der Waals surface area contributed by atoms with E-state index >= 15 is 0 Å². The number of imidazole rings is 1. The van der Waals surface area contributed by atoms with Crippen LogP contribution in [0, 0.1) is 0 Å². The van der Waals surface area contributed by atoms with Gasteiger partial charge in [-0.25, -0.2) is 9.13 Å². The van der Waals surface area contributed by atoms with Crippen molar-refractivity contribution in [3.63, 3.8) is 0 Å². The van der Waals surface area contributed by atoms with Gasteiger partial charge in [0.2, 0.25) is 29.3 Å². The number of benzene rings is 2. The van der Waals surface area contributed by atoms with Crippen molar-refractivity contribution in [2.45, 2.75) is 6.54 Å². The van der Waals surface area contributed by atoms with Gasteiger partial charge >= 0.3 is 0 Å². The summed E-state index contributed by atoms with van der Waals surface area (Å²) in [6, 6.07) is 11.4. The number of rotatable bonds is 6. The van der Waals surface area contributed by atoms with Gasteiger partial charge in [0.15, 0.2) is 0 Å². The van der Waals surface area contributed by atoms with Crippen molar-refractivity contribution < 1.29 is 47.6 Å². The van der Waals surface area contributed by atoms with Crippen LogP contribution in [0.3, 0.4) is 0 Å². The molecule has 0 amide bonds. The van der Waals surface area contributed by atoms with Gasteiger partial charge in [-0.15, -0.1) is 0 Å². The number of ether oxygens (including phenoxy) is 2. The van der Waals surface area contributed by atoms with E-state index in [0.717, 1.165) is 10.8 Å². The van der Waals surface area contributed by atoms with Gasteiger partial charge in [0.25, 0.3) is 0 Å². The summed E-state index contributed by atoms with van der Waals surface area (Å²) in [6.45, 7) is 1.95. The van der Waals surface area contributed by atoms with Crippen molar-refractivity contribution in [3.05, 3.63) is 65.2 Å². The Morgan fingerprint density at radius 3 is 2.25 bits per heavy atom. The van der Waals surface area contributed by atoms with E-state index in [2.05, 4.69) is 0 Å². The molecule has 146 valence electrons. The summed E-state index contributed by atoms with van der Waals surface area (Å²) < 4.78 is 14.0. The zero-order valence-electron chi connectivity index (χ0n) is 15.8. The van der Waals surface area contributed by atoms with Crippen molar-refractivity contribution in [2.24, 2.45) is 7.05 Å². The van der Waals surface area contributed by atoms with Gasteiger partial charge < -0.3 is 33.5 Å². The fraction of sp³-hybridized carbons (Fsp3) is 0.286. The average Bonchev–Trinajstić information content (AvgIpc) is 3.01. The first-order valence-corrected chi connectivity index (χ1v) is 8.89. The molecule has 0 spiro atoms. The second-order valence-electron chi connectivity index (χ2n) is 6.63. The highest BCUT2D eigenvalue weighted by Crippen LogP contribution is 2.29. The Balaban J connectivity index is 0.00000225. The predicted molar refractivity (Wildman–Crippen MR) is 99.1 cm³/mol. The lowest BCUT2D eigenvalue weighted by Gasteiger charge is -2.14. The third kappa shape index (κ3) is 3.49. The number of carbonyl (C=O) groups excluding carboxylic acids is 2. The van der Waals surface area contributed by atoms with E-state index in [1.54, 1.807) is 29.6 Å². The molecule has 4 rings (SSSR count). The van der Waals surface area contributed by atoms with Crippen molar-refractivity contribution in [2.75, 3.05) is 26.9 Å². The zero-order valence-corrected chi connectivity index (χ0v) is 17.9. The van der Waals surface area contributed by atoms with Crippen molar-refractivity contribution in [1.82, 2.24) is 4.57 Å². The van der Waals surface area contributed by atoms with Gasteiger partial charge in [-0.2, -0.15) is 0 Å². The van der Waals surface area contributed by atoms with Crippen LogP contribution in [-0.2, 0) is 23.1 Å². The fourth-order valence-electron chi connectivity index (χ4n) is 3.58. The minimum absolute atomic E-state index is 0. The molecule has 0 bridgehead atoms. The summed E-state index contributed by atoms with van der Waals surface area (Å²) in [6.07, 6.45) is 1.78. The molecule has 0 aliphatic heterocycles. The minimum Gasteiger partial charge on any atom is -1.00 e. The smallest absolute Gasteiger partial charge is 0.244 e. The van der Waals surface area contributed by atoms with Crippen LogP contribution >= 0.6 is 0 Å². The van der Waals surface area contributed by atoms with E-state index in [-0.39, 0.29) is 35.5 Å². The topological polar surface area (TPSA) is 61.4 Å². The molecule has 0 fully saturated rings. The van der Waals surface area contributed by atoms with Crippen LogP contribution in [0.25, 0.3) is 10.8 Å². The molecule has 1 aliphatic carbocycles. The summed E-state index contributed by atoms with van der Waals surface area (Å²) in [5.41, 5.74) is 1.79. The summed E-state index contributed by atoms with van der Waals surface area (Å²) in [5, 5.41) is 1.90.